The van der Waals surface area contributed by atoms with Crippen LogP contribution in [0, 0.1) is 11.6 Å². The molecule has 0 spiro atoms. The van der Waals surface area contributed by atoms with Crippen LogP contribution in [0.2, 0.25) is 0 Å². The van der Waals surface area contributed by atoms with E-state index in [1.807, 2.05) is 18.2 Å². The Morgan fingerprint density at radius 3 is 2.50 bits per heavy atom. The summed E-state index contributed by atoms with van der Waals surface area (Å²) in [6, 6.07) is 11.8. The summed E-state index contributed by atoms with van der Waals surface area (Å²) in [4.78, 5) is 11.9. The van der Waals surface area contributed by atoms with Gasteiger partial charge < -0.3 is 10.1 Å². The van der Waals surface area contributed by atoms with E-state index in [1.54, 1.807) is 12.1 Å². The Hall–Kier alpha value is -2.68. The van der Waals surface area contributed by atoms with Gasteiger partial charge in [-0.2, -0.15) is 0 Å². The molecule has 2 aromatic rings. The number of nitrogens with one attached hydrogen (secondary N) is 1. The fourth-order valence-electron chi connectivity index (χ4n) is 2.50. The van der Waals surface area contributed by atoms with Crippen LogP contribution < -0.4 is 14.4 Å². The van der Waals surface area contributed by atoms with Gasteiger partial charge in [0.1, 0.15) is 24.0 Å². The zero-order valence-corrected chi connectivity index (χ0v) is 16.2. The van der Waals surface area contributed by atoms with Crippen molar-refractivity contribution < 1.29 is 26.7 Å². The molecule has 0 heterocycles. The Balaban J connectivity index is 1.79. The van der Waals surface area contributed by atoms with Crippen molar-refractivity contribution in [2.24, 2.45) is 0 Å². The maximum Gasteiger partial charge on any atom is 0.232 e. The van der Waals surface area contributed by atoms with Crippen molar-refractivity contribution in [3.63, 3.8) is 0 Å². The van der Waals surface area contributed by atoms with Crippen LogP contribution in [0.4, 0.5) is 14.5 Å². The van der Waals surface area contributed by atoms with E-state index in [0.717, 1.165) is 22.7 Å². The minimum atomic E-state index is -3.78. The number of hydrogen-bond acceptors (Lipinski definition) is 4. The summed E-state index contributed by atoms with van der Waals surface area (Å²) in [6.45, 7) is 0.497. The predicted molar refractivity (Wildman–Crippen MR) is 103 cm³/mol. The van der Waals surface area contributed by atoms with E-state index in [0.29, 0.717) is 25.0 Å². The molecule has 0 bridgehead atoms. The van der Waals surface area contributed by atoms with E-state index in [2.05, 4.69) is 5.32 Å². The fourth-order valence-corrected chi connectivity index (χ4v) is 3.46. The highest BCUT2D eigenvalue weighted by atomic mass is 32.2. The van der Waals surface area contributed by atoms with Crippen molar-refractivity contribution >= 4 is 21.6 Å². The van der Waals surface area contributed by atoms with Gasteiger partial charge in [0.15, 0.2) is 0 Å². The van der Waals surface area contributed by atoms with Gasteiger partial charge in [0, 0.05) is 19.0 Å². The SMILES string of the molecule is CS(=O)(=O)N(CCCC(=O)NCCOc1ccccc1)c1ccc(F)cc1F. The van der Waals surface area contributed by atoms with Crippen molar-refractivity contribution in [2.45, 2.75) is 12.8 Å². The first-order valence-corrected chi connectivity index (χ1v) is 10.5. The summed E-state index contributed by atoms with van der Waals surface area (Å²) < 4.78 is 57.1. The Morgan fingerprint density at radius 2 is 1.86 bits per heavy atom. The van der Waals surface area contributed by atoms with Gasteiger partial charge in [-0.05, 0) is 30.7 Å². The highest BCUT2D eigenvalue weighted by molar-refractivity contribution is 7.92. The highest BCUT2D eigenvalue weighted by Gasteiger charge is 2.21. The third kappa shape index (κ3) is 6.80. The minimum Gasteiger partial charge on any atom is -0.492 e. The molecule has 0 unspecified atom stereocenters. The van der Waals surface area contributed by atoms with Crippen LogP contribution in [0.1, 0.15) is 12.8 Å². The number of ether oxygens (including phenoxy) is 1. The Labute approximate surface area is 163 Å². The summed E-state index contributed by atoms with van der Waals surface area (Å²) in [6.07, 6.45) is 1.16. The molecule has 9 heteroatoms. The molecule has 0 saturated heterocycles. The van der Waals surface area contributed by atoms with E-state index >= 15 is 0 Å². The second-order valence-corrected chi connectivity index (χ2v) is 7.95. The lowest BCUT2D eigenvalue weighted by Crippen LogP contribution is -2.33. The van der Waals surface area contributed by atoms with E-state index in [1.165, 1.54) is 0 Å². The van der Waals surface area contributed by atoms with Gasteiger partial charge in [0.2, 0.25) is 15.9 Å². The number of hydrogen-bond donors (Lipinski definition) is 1. The van der Waals surface area contributed by atoms with Crippen LogP contribution in [0.15, 0.2) is 48.5 Å². The molecule has 0 fully saturated rings. The molecule has 0 aromatic heterocycles. The van der Waals surface area contributed by atoms with E-state index in [-0.39, 0.29) is 31.0 Å². The Kier molecular flexibility index (Phi) is 7.74. The first-order valence-electron chi connectivity index (χ1n) is 8.64. The molecular weight excluding hydrogens is 390 g/mol. The summed E-state index contributed by atoms with van der Waals surface area (Å²) in [5, 5.41) is 2.67. The quantitative estimate of drug-likeness (QED) is 0.609. The van der Waals surface area contributed by atoms with Crippen LogP contribution in [0.5, 0.6) is 5.75 Å². The predicted octanol–water partition coefficient (Wildman–Crippen LogP) is 2.71. The molecule has 2 rings (SSSR count). The third-order valence-electron chi connectivity index (χ3n) is 3.78. The molecule has 0 radical (unpaired) electrons. The summed E-state index contributed by atoms with van der Waals surface area (Å²) in [7, 11) is -3.78. The number of anilines is 1. The van der Waals surface area contributed by atoms with Crippen molar-refractivity contribution in [2.75, 3.05) is 30.3 Å². The number of halogens is 2. The number of carbonyl (C=O) groups excluding carboxylic acids is 1. The number of carbonyl (C=O) groups is 1. The molecule has 0 aliphatic heterocycles. The van der Waals surface area contributed by atoms with Gasteiger partial charge in [0.25, 0.3) is 0 Å². The number of para-hydroxylation sites is 1. The summed E-state index contributed by atoms with van der Waals surface area (Å²) >= 11 is 0. The van der Waals surface area contributed by atoms with Gasteiger partial charge in [-0.15, -0.1) is 0 Å². The number of sulfonamides is 1. The monoisotopic (exact) mass is 412 g/mol. The lowest BCUT2D eigenvalue weighted by atomic mass is 10.2. The average Bonchev–Trinajstić information content (AvgIpc) is 2.63. The van der Waals surface area contributed by atoms with Crippen molar-refractivity contribution in [3.8, 4) is 5.75 Å². The van der Waals surface area contributed by atoms with Crippen molar-refractivity contribution in [3.05, 3.63) is 60.2 Å². The van der Waals surface area contributed by atoms with Crippen LogP contribution in [0.25, 0.3) is 0 Å². The first-order chi connectivity index (χ1) is 13.3. The van der Waals surface area contributed by atoms with Gasteiger partial charge >= 0.3 is 0 Å². The average molecular weight is 412 g/mol. The molecule has 0 atom stereocenters. The lowest BCUT2D eigenvalue weighted by Gasteiger charge is -2.22. The van der Waals surface area contributed by atoms with E-state index in [4.69, 9.17) is 4.74 Å². The van der Waals surface area contributed by atoms with Crippen LogP contribution in [0.3, 0.4) is 0 Å². The van der Waals surface area contributed by atoms with Crippen LogP contribution in [-0.2, 0) is 14.8 Å². The Morgan fingerprint density at radius 1 is 1.14 bits per heavy atom. The number of nitrogens with zero attached hydrogens (tertiary/aromatic N) is 1. The van der Waals surface area contributed by atoms with E-state index < -0.39 is 21.7 Å². The zero-order valence-electron chi connectivity index (χ0n) is 15.4. The van der Waals surface area contributed by atoms with Gasteiger partial charge in [0.05, 0.1) is 18.5 Å². The molecule has 28 heavy (non-hydrogen) atoms. The molecule has 1 N–H and O–H groups in total. The molecule has 6 nitrogen and oxygen atoms in total. The van der Waals surface area contributed by atoms with Crippen molar-refractivity contribution in [1.82, 2.24) is 5.32 Å². The van der Waals surface area contributed by atoms with Crippen LogP contribution in [-0.4, -0.2) is 40.3 Å². The summed E-state index contributed by atoms with van der Waals surface area (Å²) in [5.41, 5.74) is -0.249. The van der Waals surface area contributed by atoms with E-state index in [9.17, 15) is 22.0 Å². The molecule has 152 valence electrons. The smallest absolute Gasteiger partial charge is 0.232 e. The molecule has 0 aliphatic rings. The lowest BCUT2D eigenvalue weighted by molar-refractivity contribution is -0.121. The maximum absolute atomic E-state index is 13.9. The second kappa shape index (κ2) is 10.0. The van der Waals surface area contributed by atoms with Gasteiger partial charge in [-0.1, -0.05) is 18.2 Å². The number of benzene rings is 2. The van der Waals surface area contributed by atoms with Crippen molar-refractivity contribution in [1.29, 1.82) is 0 Å². The normalized spacial score (nSPS) is 11.1. The fraction of sp³-hybridized carbons (Fsp3) is 0.316. The number of rotatable bonds is 10. The maximum atomic E-state index is 13.9. The minimum absolute atomic E-state index is 0.0557. The van der Waals surface area contributed by atoms with Crippen LogP contribution >= 0.6 is 0 Å². The Bertz CT molecular complexity index is 892. The first kappa shape index (κ1) is 21.6. The topological polar surface area (TPSA) is 75.7 Å². The number of amides is 1. The highest BCUT2D eigenvalue weighted by Crippen LogP contribution is 2.23. The molecule has 2 aromatic carbocycles. The zero-order chi connectivity index (χ0) is 20.6. The molecule has 1 amide bonds. The largest absolute Gasteiger partial charge is 0.492 e. The third-order valence-corrected chi connectivity index (χ3v) is 4.96. The second-order valence-electron chi connectivity index (χ2n) is 6.05. The standard InChI is InChI=1S/C19H22F2N2O4S/c1-28(25,26)23(18-10-9-15(20)14-17(18)21)12-5-8-19(24)22-11-13-27-16-6-3-2-4-7-16/h2-4,6-7,9-10,14H,5,8,11-13H2,1H3,(H,22,24). The molecular formula is C19H22F2N2O4S. The molecule has 0 aliphatic carbocycles. The van der Waals surface area contributed by atoms with Gasteiger partial charge in [-0.25, -0.2) is 17.2 Å². The van der Waals surface area contributed by atoms with Gasteiger partial charge in [-0.3, -0.25) is 9.10 Å². The molecule has 0 saturated carbocycles. The summed E-state index contributed by atoms with van der Waals surface area (Å²) in [5.74, 6) is -1.36.